The van der Waals surface area contributed by atoms with Crippen LogP contribution in [-0.2, 0) is 11.2 Å². The Morgan fingerprint density at radius 1 is 1.47 bits per heavy atom. The first kappa shape index (κ1) is 12.9. The molecule has 0 saturated carbocycles. The van der Waals surface area contributed by atoms with Gasteiger partial charge in [0.1, 0.15) is 18.0 Å². The van der Waals surface area contributed by atoms with Gasteiger partial charge < -0.3 is 5.32 Å². The molecular formula is C13H13FN4O. The normalized spacial score (nSPS) is 10.8. The number of rotatable bonds is 5. The fraction of sp³-hybridized carbons (Fsp3) is 0.154. The number of aromatic nitrogens is 3. The van der Waals surface area contributed by atoms with Crippen molar-refractivity contribution in [3.8, 4) is 0 Å². The number of aromatic amines is 1. The number of hydrogen-bond acceptors (Lipinski definition) is 3. The number of benzene rings is 1. The second-order valence-corrected chi connectivity index (χ2v) is 3.86. The van der Waals surface area contributed by atoms with Crippen molar-refractivity contribution in [2.45, 2.75) is 6.42 Å². The van der Waals surface area contributed by atoms with Gasteiger partial charge in [0.2, 0.25) is 5.91 Å². The highest BCUT2D eigenvalue weighted by molar-refractivity contribution is 5.91. The number of nitrogens with zero attached hydrogens (tertiary/aromatic N) is 2. The molecule has 2 aromatic rings. The fourth-order valence-electron chi connectivity index (χ4n) is 1.50. The van der Waals surface area contributed by atoms with Crippen molar-refractivity contribution in [3.05, 3.63) is 53.9 Å². The van der Waals surface area contributed by atoms with Gasteiger partial charge in [-0.1, -0.05) is 12.1 Å². The maximum Gasteiger partial charge on any atom is 0.244 e. The summed E-state index contributed by atoms with van der Waals surface area (Å²) < 4.78 is 12.9. The van der Waals surface area contributed by atoms with Crippen LogP contribution in [0.1, 0.15) is 11.4 Å². The monoisotopic (exact) mass is 260 g/mol. The van der Waals surface area contributed by atoms with Gasteiger partial charge in [0.15, 0.2) is 0 Å². The first-order valence-electron chi connectivity index (χ1n) is 5.80. The summed E-state index contributed by atoms with van der Waals surface area (Å²) in [5.41, 5.74) is 0.644. The third-order valence-electron chi connectivity index (χ3n) is 2.40. The lowest BCUT2D eigenvalue weighted by molar-refractivity contribution is -0.116. The molecule has 1 amide bonds. The summed E-state index contributed by atoms with van der Waals surface area (Å²) in [5, 5.41) is 9.11. The predicted octanol–water partition coefficient (Wildman–Crippen LogP) is 1.32. The largest absolute Gasteiger partial charge is 0.352 e. The van der Waals surface area contributed by atoms with E-state index in [0.29, 0.717) is 18.5 Å². The minimum Gasteiger partial charge on any atom is -0.352 e. The van der Waals surface area contributed by atoms with Crippen molar-refractivity contribution >= 4 is 12.0 Å². The van der Waals surface area contributed by atoms with E-state index in [1.807, 2.05) is 0 Å². The molecule has 2 rings (SSSR count). The third kappa shape index (κ3) is 4.34. The topological polar surface area (TPSA) is 70.7 Å². The molecule has 98 valence electrons. The summed E-state index contributed by atoms with van der Waals surface area (Å²) in [6.45, 7) is 0.460. The van der Waals surface area contributed by atoms with E-state index in [-0.39, 0.29) is 11.7 Å². The maximum atomic E-state index is 12.9. The van der Waals surface area contributed by atoms with Gasteiger partial charge in [0.25, 0.3) is 0 Å². The second kappa shape index (κ2) is 6.44. The van der Waals surface area contributed by atoms with E-state index in [1.165, 1.54) is 24.5 Å². The first-order valence-corrected chi connectivity index (χ1v) is 5.80. The summed E-state index contributed by atoms with van der Waals surface area (Å²) in [6, 6.07) is 6.03. The number of carbonyl (C=O) groups is 1. The van der Waals surface area contributed by atoms with E-state index in [9.17, 15) is 9.18 Å². The Labute approximate surface area is 109 Å². The lowest BCUT2D eigenvalue weighted by Crippen LogP contribution is -2.23. The molecule has 0 aliphatic rings. The van der Waals surface area contributed by atoms with Gasteiger partial charge in [-0.05, 0) is 23.8 Å². The van der Waals surface area contributed by atoms with Gasteiger partial charge in [-0.25, -0.2) is 9.37 Å². The molecule has 5 nitrogen and oxygen atoms in total. The van der Waals surface area contributed by atoms with Gasteiger partial charge in [-0.2, -0.15) is 5.10 Å². The summed E-state index contributed by atoms with van der Waals surface area (Å²) in [5.74, 6) is 0.158. The van der Waals surface area contributed by atoms with Crippen molar-refractivity contribution in [2.24, 2.45) is 0 Å². The van der Waals surface area contributed by atoms with Crippen molar-refractivity contribution < 1.29 is 9.18 Å². The number of hydrogen-bond donors (Lipinski definition) is 2. The van der Waals surface area contributed by atoms with E-state index in [0.717, 1.165) is 5.82 Å². The van der Waals surface area contributed by atoms with E-state index < -0.39 is 0 Å². The second-order valence-electron chi connectivity index (χ2n) is 3.86. The van der Waals surface area contributed by atoms with E-state index >= 15 is 0 Å². The molecule has 0 aliphatic carbocycles. The highest BCUT2D eigenvalue weighted by Crippen LogP contribution is 2.04. The smallest absolute Gasteiger partial charge is 0.244 e. The van der Waals surface area contributed by atoms with Gasteiger partial charge in [-0.15, -0.1) is 0 Å². The molecule has 19 heavy (non-hydrogen) atoms. The van der Waals surface area contributed by atoms with Crippen LogP contribution in [0.4, 0.5) is 4.39 Å². The summed E-state index contributed by atoms with van der Waals surface area (Å²) in [4.78, 5) is 15.4. The molecule has 0 bridgehead atoms. The molecule has 2 N–H and O–H groups in total. The molecule has 0 spiro atoms. The molecule has 0 fully saturated rings. The SMILES string of the molecule is O=C(C=Cc1cccc(F)c1)NCCc1ncn[nH]1. The molecular weight excluding hydrogens is 247 g/mol. The Morgan fingerprint density at radius 2 is 2.37 bits per heavy atom. The zero-order valence-corrected chi connectivity index (χ0v) is 10.1. The van der Waals surface area contributed by atoms with Gasteiger partial charge in [-0.3, -0.25) is 9.89 Å². The van der Waals surface area contributed by atoms with Gasteiger partial charge in [0.05, 0.1) is 0 Å². The molecule has 1 heterocycles. The summed E-state index contributed by atoms with van der Waals surface area (Å²) >= 11 is 0. The Bertz CT molecular complexity index is 566. The molecule has 0 saturated heterocycles. The average Bonchev–Trinajstić information content (AvgIpc) is 2.90. The molecule has 0 atom stereocenters. The highest BCUT2D eigenvalue weighted by atomic mass is 19.1. The number of halogens is 1. The Hall–Kier alpha value is -2.50. The van der Waals surface area contributed by atoms with Crippen LogP contribution in [0, 0.1) is 5.82 Å². The first-order chi connectivity index (χ1) is 9.24. The highest BCUT2D eigenvalue weighted by Gasteiger charge is 1.98. The minimum atomic E-state index is -0.326. The van der Waals surface area contributed by atoms with Gasteiger partial charge >= 0.3 is 0 Å². The van der Waals surface area contributed by atoms with Crippen LogP contribution in [-0.4, -0.2) is 27.6 Å². The fourth-order valence-corrected chi connectivity index (χ4v) is 1.50. The molecule has 6 heteroatoms. The minimum absolute atomic E-state index is 0.233. The van der Waals surface area contributed by atoms with Crippen LogP contribution in [0.5, 0.6) is 0 Å². The molecule has 1 aromatic heterocycles. The van der Waals surface area contributed by atoms with Crippen LogP contribution < -0.4 is 5.32 Å². The zero-order valence-electron chi connectivity index (χ0n) is 10.1. The van der Waals surface area contributed by atoms with Crippen LogP contribution in [0.25, 0.3) is 6.08 Å². The van der Waals surface area contributed by atoms with Crippen LogP contribution in [0.2, 0.25) is 0 Å². The van der Waals surface area contributed by atoms with Crippen molar-refractivity contribution in [2.75, 3.05) is 6.54 Å². The number of nitrogens with one attached hydrogen (secondary N) is 2. The molecule has 0 unspecified atom stereocenters. The van der Waals surface area contributed by atoms with Crippen molar-refractivity contribution in [3.63, 3.8) is 0 Å². The molecule has 1 aromatic carbocycles. The van der Waals surface area contributed by atoms with Crippen molar-refractivity contribution in [1.29, 1.82) is 0 Å². The van der Waals surface area contributed by atoms with Crippen LogP contribution >= 0.6 is 0 Å². The number of amides is 1. The summed E-state index contributed by atoms with van der Waals surface area (Å²) in [6.07, 6.45) is 4.93. The summed E-state index contributed by atoms with van der Waals surface area (Å²) in [7, 11) is 0. The van der Waals surface area contributed by atoms with Gasteiger partial charge in [0, 0.05) is 19.0 Å². The van der Waals surface area contributed by atoms with Crippen LogP contribution in [0.3, 0.4) is 0 Å². The zero-order chi connectivity index (χ0) is 13.5. The number of carbonyl (C=O) groups excluding carboxylic acids is 1. The third-order valence-corrected chi connectivity index (χ3v) is 2.40. The van der Waals surface area contributed by atoms with E-state index in [1.54, 1.807) is 18.2 Å². The Kier molecular flexibility index (Phi) is 4.39. The average molecular weight is 260 g/mol. The van der Waals surface area contributed by atoms with E-state index in [2.05, 4.69) is 20.5 Å². The van der Waals surface area contributed by atoms with Crippen molar-refractivity contribution in [1.82, 2.24) is 20.5 Å². The van der Waals surface area contributed by atoms with Crippen LogP contribution in [0.15, 0.2) is 36.7 Å². The Balaban J connectivity index is 1.78. The quantitative estimate of drug-likeness (QED) is 0.796. The molecule has 0 aliphatic heterocycles. The lowest BCUT2D eigenvalue weighted by Gasteiger charge is -1.99. The standard InChI is InChI=1S/C13H13FN4O/c14-11-3-1-2-10(8-11)4-5-13(19)15-7-6-12-16-9-17-18-12/h1-5,8-9H,6-7H2,(H,15,19)(H,16,17,18). The molecule has 0 radical (unpaired) electrons. The maximum absolute atomic E-state index is 12.9. The lowest BCUT2D eigenvalue weighted by atomic mass is 10.2. The Morgan fingerprint density at radius 3 is 3.11 bits per heavy atom. The number of H-pyrrole nitrogens is 1. The van der Waals surface area contributed by atoms with E-state index in [4.69, 9.17) is 0 Å². The predicted molar refractivity (Wildman–Crippen MR) is 68.5 cm³/mol.